The minimum Gasteiger partial charge on any atom is -0.351 e. The molecule has 118 valence electrons. The van der Waals surface area contributed by atoms with Gasteiger partial charge in [0.1, 0.15) is 5.15 Å². The van der Waals surface area contributed by atoms with Crippen molar-refractivity contribution >= 4 is 17.5 Å². The third-order valence-electron chi connectivity index (χ3n) is 3.44. The largest absolute Gasteiger partial charge is 0.351 e. The number of aryl methyl sites for hydroxylation is 1. The zero-order valence-corrected chi connectivity index (χ0v) is 13.4. The van der Waals surface area contributed by atoms with Crippen LogP contribution in [0.5, 0.6) is 0 Å². The number of hydrogen-bond acceptors (Lipinski definition) is 3. The zero-order chi connectivity index (χ0) is 16.2. The molecule has 0 saturated heterocycles. The van der Waals surface area contributed by atoms with Crippen LogP contribution < -0.4 is 5.32 Å². The van der Waals surface area contributed by atoms with Crippen LogP contribution in [0.1, 0.15) is 16.1 Å². The molecule has 0 fully saturated rings. The fourth-order valence-corrected chi connectivity index (χ4v) is 2.37. The highest BCUT2D eigenvalue weighted by Crippen LogP contribution is 2.13. The van der Waals surface area contributed by atoms with Crippen molar-refractivity contribution in [3.8, 4) is 5.69 Å². The van der Waals surface area contributed by atoms with Crippen LogP contribution in [0.25, 0.3) is 5.69 Å². The van der Waals surface area contributed by atoms with E-state index in [1.807, 2.05) is 47.3 Å². The van der Waals surface area contributed by atoms with E-state index in [1.165, 1.54) is 10.9 Å². The van der Waals surface area contributed by atoms with Crippen LogP contribution >= 0.6 is 11.6 Å². The van der Waals surface area contributed by atoms with E-state index in [-0.39, 0.29) is 5.91 Å². The summed E-state index contributed by atoms with van der Waals surface area (Å²) in [7, 11) is 1.69. The lowest BCUT2D eigenvalue weighted by molar-refractivity contribution is 0.0954. The van der Waals surface area contributed by atoms with Gasteiger partial charge in [0.2, 0.25) is 0 Å². The molecular formula is C16H16ClN5O. The molecule has 2 aromatic heterocycles. The molecule has 0 radical (unpaired) electrons. The summed E-state index contributed by atoms with van der Waals surface area (Å²) in [5.41, 5.74) is 2.29. The Morgan fingerprint density at radius 3 is 2.74 bits per heavy atom. The van der Waals surface area contributed by atoms with Gasteiger partial charge in [-0.3, -0.25) is 9.48 Å². The quantitative estimate of drug-likeness (QED) is 0.780. The molecule has 0 bridgehead atoms. The van der Waals surface area contributed by atoms with Gasteiger partial charge < -0.3 is 5.32 Å². The Bertz CT molecular complexity index is 809. The molecule has 0 aliphatic heterocycles. The predicted octanol–water partition coefficient (Wildman–Crippen LogP) is 2.23. The van der Waals surface area contributed by atoms with Gasteiger partial charge in [-0.2, -0.15) is 10.2 Å². The maximum atomic E-state index is 12.0. The van der Waals surface area contributed by atoms with Crippen LogP contribution in [-0.2, 0) is 13.5 Å². The Morgan fingerprint density at radius 1 is 1.26 bits per heavy atom. The number of rotatable bonds is 5. The number of benzene rings is 1. The summed E-state index contributed by atoms with van der Waals surface area (Å²) in [5, 5.41) is 11.6. The van der Waals surface area contributed by atoms with Gasteiger partial charge in [0.25, 0.3) is 5.91 Å². The first kappa shape index (κ1) is 15.3. The van der Waals surface area contributed by atoms with Gasteiger partial charge in [-0.1, -0.05) is 29.8 Å². The molecule has 1 aromatic carbocycles. The average molecular weight is 330 g/mol. The lowest BCUT2D eigenvalue weighted by Crippen LogP contribution is -2.25. The molecule has 7 heteroatoms. The zero-order valence-electron chi connectivity index (χ0n) is 12.6. The molecular weight excluding hydrogens is 314 g/mol. The molecule has 3 aromatic rings. The second-order valence-corrected chi connectivity index (χ2v) is 5.42. The Kier molecular flexibility index (Phi) is 4.43. The number of aromatic nitrogens is 4. The minimum absolute atomic E-state index is 0.231. The highest BCUT2D eigenvalue weighted by Gasteiger charge is 2.13. The molecule has 0 aliphatic rings. The molecule has 1 amide bonds. The fraction of sp³-hybridized carbons (Fsp3) is 0.188. The number of halogens is 1. The summed E-state index contributed by atoms with van der Waals surface area (Å²) in [5.74, 6) is -0.231. The second-order valence-electron chi connectivity index (χ2n) is 5.07. The number of amides is 1. The topological polar surface area (TPSA) is 64.7 Å². The summed E-state index contributed by atoms with van der Waals surface area (Å²) in [6.07, 6.45) is 4.01. The molecule has 1 N–H and O–H groups in total. The van der Waals surface area contributed by atoms with Crippen LogP contribution in [0.3, 0.4) is 0 Å². The van der Waals surface area contributed by atoms with Crippen molar-refractivity contribution < 1.29 is 4.79 Å². The van der Waals surface area contributed by atoms with Gasteiger partial charge in [0, 0.05) is 26.2 Å². The molecule has 0 unspecified atom stereocenters. The first-order valence-corrected chi connectivity index (χ1v) is 7.58. The summed E-state index contributed by atoms with van der Waals surface area (Å²) < 4.78 is 3.27. The van der Waals surface area contributed by atoms with E-state index in [0.29, 0.717) is 23.7 Å². The van der Waals surface area contributed by atoms with Crippen molar-refractivity contribution in [1.82, 2.24) is 24.9 Å². The SMILES string of the molecule is Cn1ncc(C(=O)NCCc2ccn(-c3ccccc3)n2)c1Cl. The minimum atomic E-state index is -0.231. The van der Waals surface area contributed by atoms with E-state index in [1.54, 1.807) is 7.05 Å². The number of carbonyl (C=O) groups excluding carboxylic acids is 1. The molecule has 0 atom stereocenters. The number of hydrogen-bond donors (Lipinski definition) is 1. The second kappa shape index (κ2) is 6.66. The van der Waals surface area contributed by atoms with Crippen molar-refractivity contribution in [2.24, 2.45) is 7.05 Å². The van der Waals surface area contributed by atoms with E-state index >= 15 is 0 Å². The molecule has 2 heterocycles. The average Bonchev–Trinajstić information content (AvgIpc) is 3.16. The molecule has 3 rings (SSSR count). The van der Waals surface area contributed by atoms with Crippen molar-refractivity contribution in [3.05, 3.63) is 65.2 Å². The van der Waals surface area contributed by atoms with Crippen molar-refractivity contribution in [3.63, 3.8) is 0 Å². The van der Waals surface area contributed by atoms with Gasteiger partial charge in [0.15, 0.2) is 0 Å². The van der Waals surface area contributed by atoms with Crippen LogP contribution in [-0.4, -0.2) is 32.0 Å². The summed E-state index contributed by atoms with van der Waals surface area (Å²) in [6.45, 7) is 0.482. The fourth-order valence-electron chi connectivity index (χ4n) is 2.19. The van der Waals surface area contributed by atoms with Crippen LogP contribution in [0.2, 0.25) is 5.15 Å². The van der Waals surface area contributed by atoms with E-state index in [2.05, 4.69) is 15.5 Å². The lowest BCUT2D eigenvalue weighted by Gasteiger charge is -2.03. The van der Waals surface area contributed by atoms with Crippen LogP contribution in [0.4, 0.5) is 0 Å². The third kappa shape index (κ3) is 3.43. The summed E-state index contributed by atoms with van der Waals surface area (Å²) >= 11 is 5.99. The number of carbonyl (C=O) groups is 1. The Hall–Kier alpha value is -2.60. The van der Waals surface area contributed by atoms with Gasteiger partial charge in [-0.25, -0.2) is 4.68 Å². The van der Waals surface area contributed by atoms with Gasteiger partial charge in [-0.15, -0.1) is 0 Å². The van der Waals surface area contributed by atoms with Crippen LogP contribution in [0, 0.1) is 0 Å². The van der Waals surface area contributed by atoms with E-state index in [4.69, 9.17) is 11.6 Å². The Labute approximate surface area is 138 Å². The predicted molar refractivity (Wildman–Crippen MR) is 87.8 cm³/mol. The van der Waals surface area contributed by atoms with Crippen molar-refractivity contribution in [1.29, 1.82) is 0 Å². The third-order valence-corrected chi connectivity index (χ3v) is 3.89. The van der Waals surface area contributed by atoms with Crippen LogP contribution in [0.15, 0.2) is 48.8 Å². The molecule has 0 aliphatic carbocycles. The highest BCUT2D eigenvalue weighted by atomic mass is 35.5. The first-order chi connectivity index (χ1) is 11.1. The number of nitrogens with one attached hydrogen (secondary N) is 1. The Morgan fingerprint density at radius 2 is 2.04 bits per heavy atom. The monoisotopic (exact) mass is 329 g/mol. The maximum Gasteiger partial charge on any atom is 0.256 e. The Balaban J connectivity index is 1.56. The van der Waals surface area contributed by atoms with Crippen molar-refractivity contribution in [2.75, 3.05) is 6.54 Å². The lowest BCUT2D eigenvalue weighted by atomic mass is 10.3. The molecule has 23 heavy (non-hydrogen) atoms. The molecule has 0 spiro atoms. The first-order valence-electron chi connectivity index (χ1n) is 7.21. The van der Waals surface area contributed by atoms with E-state index in [0.717, 1.165) is 11.4 Å². The summed E-state index contributed by atoms with van der Waals surface area (Å²) in [4.78, 5) is 12.0. The maximum absolute atomic E-state index is 12.0. The molecule has 0 saturated carbocycles. The van der Waals surface area contributed by atoms with Crippen molar-refractivity contribution in [2.45, 2.75) is 6.42 Å². The number of para-hydroxylation sites is 1. The van der Waals surface area contributed by atoms with Gasteiger partial charge in [-0.05, 0) is 18.2 Å². The van der Waals surface area contributed by atoms with E-state index < -0.39 is 0 Å². The normalized spacial score (nSPS) is 10.7. The molecule has 6 nitrogen and oxygen atoms in total. The highest BCUT2D eigenvalue weighted by molar-refractivity contribution is 6.32. The van der Waals surface area contributed by atoms with Gasteiger partial charge in [0.05, 0.1) is 23.1 Å². The summed E-state index contributed by atoms with van der Waals surface area (Å²) in [6, 6.07) is 11.8. The standard InChI is InChI=1S/C16H16ClN5O/c1-21-15(17)14(11-19-21)16(23)18-9-7-12-8-10-22(20-12)13-5-3-2-4-6-13/h2-6,8,10-11H,7,9H2,1H3,(H,18,23). The smallest absolute Gasteiger partial charge is 0.256 e. The van der Waals surface area contributed by atoms with E-state index in [9.17, 15) is 4.79 Å². The van der Waals surface area contributed by atoms with Gasteiger partial charge >= 0.3 is 0 Å². The number of nitrogens with zero attached hydrogens (tertiary/aromatic N) is 4.